The Balaban J connectivity index is 1.76. The molecule has 0 aliphatic heterocycles. The lowest BCUT2D eigenvalue weighted by atomic mass is 9.47. The van der Waals surface area contributed by atoms with Crippen LogP contribution >= 0.6 is 15.9 Å². The van der Waals surface area contributed by atoms with E-state index in [-0.39, 0.29) is 0 Å². The molecule has 4 aliphatic carbocycles. The average molecular weight is 377 g/mol. The van der Waals surface area contributed by atoms with Crippen molar-refractivity contribution >= 4 is 15.9 Å². The summed E-state index contributed by atoms with van der Waals surface area (Å²) in [5, 5.41) is 0. The number of allylic oxidation sites excluding steroid dienone is 4. The quantitative estimate of drug-likeness (QED) is 0.436. The van der Waals surface area contributed by atoms with Crippen molar-refractivity contribution in [2.45, 2.75) is 77.5 Å². The van der Waals surface area contributed by atoms with Crippen LogP contribution in [0.25, 0.3) is 0 Å². The summed E-state index contributed by atoms with van der Waals surface area (Å²) < 4.78 is 0. The molecule has 2 fully saturated rings. The van der Waals surface area contributed by atoms with E-state index in [4.69, 9.17) is 0 Å². The average Bonchev–Trinajstić information content (AvgIpc) is 2.83. The van der Waals surface area contributed by atoms with Gasteiger partial charge in [-0.15, -0.1) is 0 Å². The third-order valence-corrected chi connectivity index (χ3v) is 9.24. The summed E-state index contributed by atoms with van der Waals surface area (Å²) in [6, 6.07) is 0. The predicted molar refractivity (Wildman–Crippen MR) is 103 cm³/mol. The zero-order valence-electron chi connectivity index (χ0n) is 15.4. The van der Waals surface area contributed by atoms with Gasteiger partial charge in [-0.1, -0.05) is 60.8 Å². The van der Waals surface area contributed by atoms with E-state index in [9.17, 15) is 0 Å². The second-order valence-corrected chi connectivity index (χ2v) is 10.7. The summed E-state index contributed by atoms with van der Waals surface area (Å²) in [7, 11) is 0. The standard InChI is InChI=1S/C22H33Br/c1-5-15-6-8-19-17-12-14(2)18-9-7-16(23)13-22(18,4)20(17)10-11-21(15,19)3/h9,12,15-17,19-20H,5-8,10-11,13H2,1-4H3/t15-,16-,17-,19-,20-,21+,22-/m0/s1. The number of halogens is 1. The van der Waals surface area contributed by atoms with Crippen molar-refractivity contribution in [1.82, 2.24) is 0 Å². The van der Waals surface area contributed by atoms with Crippen molar-refractivity contribution < 1.29 is 0 Å². The Morgan fingerprint density at radius 3 is 2.70 bits per heavy atom. The molecule has 0 spiro atoms. The molecule has 1 heteroatoms. The van der Waals surface area contributed by atoms with Gasteiger partial charge in [-0.2, -0.15) is 0 Å². The summed E-state index contributed by atoms with van der Waals surface area (Å²) in [4.78, 5) is 0.683. The molecule has 0 N–H and O–H groups in total. The van der Waals surface area contributed by atoms with Crippen LogP contribution in [0.15, 0.2) is 23.3 Å². The van der Waals surface area contributed by atoms with Crippen molar-refractivity contribution in [3.8, 4) is 0 Å². The Morgan fingerprint density at radius 2 is 1.96 bits per heavy atom. The van der Waals surface area contributed by atoms with Gasteiger partial charge >= 0.3 is 0 Å². The maximum absolute atomic E-state index is 3.95. The van der Waals surface area contributed by atoms with Crippen molar-refractivity contribution in [1.29, 1.82) is 0 Å². The molecular formula is C22H33Br. The molecule has 128 valence electrons. The van der Waals surface area contributed by atoms with Crippen molar-refractivity contribution in [2.24, 2.45) is 34.5 Å². The monoisotopic (exact) mass is 376 g/mol. The molecule has 0 amide bonds. The van der Waals surface area contributed by atoms with E-state index in [0.29, 0.717) is 15.7 Å². The minimum Gasteiger partial charge on any atom is -0.0887 e. The molecule has 0 aromatic carbocycles. The van der Waals surface area contributed by atoms with Gasteiger partial charge in [0.15, 0.2) is 0 Å². The smallest absolute Gasteiger partial charge is 0.0189 e. The van der Waals surface area contributed by atoms with Crippen LogP contribution in [0.5, 0.6) is 0 Å². The Labute approximate surface area is 151 Å². The Morgan fingerprint density at radius 1 is 1.17 bits per heavy atom. The van der Waals surface area contributed by atoms with Crippen molar-refractivity contribution in [3.05, 3.63) is 23.3 Å². The van der Waals surface area contributed by atoms with E-state index in [2.05, 4.69) is 55.8 Å². The van der Waals surface area contributed by atoms with Gasteiger partial charge in [0.2, 0.25) is 0 Å². The van der Waals surface area contributed by atoms with Crippen LogP contribution in [-0.2, 0) is 0 Å². The zero-order chi connectivity index (χ0) is 16.4. The fourth-order valence-electron chi connectivity index (χ4n) is 7.42. The second-order valence-electron chi connectivity index (χ2n) is 9.44. The van der Waals surface area contributed by atoms with Crippen molar-refractivity contribution in [2.75, 3.05) is 0 Å². The number of hydrogen-bond donors (Lipinski definition) is 0. The minimum atomic E-state index is 0.418. The van der Waals surface area contributed by atoms with E-state index >= 15 is 0 Å². The highest BCUT2D eigenvalue weighted by Gasteiger charge is 2.58. The van der Waals surface area contributed by atoms with E-state index < -0.39 is 0 Å². The van der Waals surface area contributed by atoms with Gasteiger partial charge in [0.05, 0.1) is 0 Å². The molecule has 0 unspecified atom stereocenters. The first-order valence-corrected chi connectivity index (χ1v) is 10.8. The molecular weight excluding hydrogens is 344 g/mol. The van der Waals surface area contributed by atoms with E-state index in [1.54, 1.807) is 11.1 Å². The summed E-state index contributed by atoms with van der Waals surface area (Å²) in [6.07, 6.45) is 15.1. The van der Waals surface area contributed by atoms with Crippen molar-refractivity contribution in [3.63, 3.8) is 0 Å². The van der Waals surface area contributed by atoms with Crippen LogP contribution < -0.4 is 0 Å². The topological polar surface area (TPSA) is 0 Å². The van der Waals surface area contributed by atoms with Gasteiger partial charge in [0.1, 0.15) is 0 Å². The molecule has 0 nitrogen and oxygen atoms in total. The van der Waals surface area contributed by atoms with Crippen LogP contribution in [0, 0.1) is 34.5 Å². The van der Waals surface area contributed by atoms with Gasteiger partial charge in [-0.3, -0.25) is 0 Å². The number of alkyl halides is 1. The Bertz CT molecular complexity index is 558. The first-order chi connectivity index (χ1) is 10.9. The fourth-order valence-corrected chi connectivity index (χ4v) is 8.28. The van der Waals surface area contributed by atoms with E-state index in [1.807, 2.05) is 0 Å². The lowest BCUT2D eigenvalue weighted by Crippen LogP contribution is -2.50. The van der Waals surface area contributed by atoms with Crippen LogP contribution in [0.4, 0.5) is 0 Å². The van der Waals surface area contributed by atoms with Crippen LogP contribution in [0.3, 0.4) is 0 Å². The van der Waals surface area contributed by atoms with Gasteiger partial charge < -0.3 is 0 Å². The highest BCUT2D eigenvalue weighted by molar-refractivity contribution is 9.09. The maximum atomic E-state index is 3.95. The molecule has 0 heterocycles. The highest BCUT2D eigenvalue weighted by Crippen LogP contribution is 2.66. The number of rotatable bonds is 1. The molecule has 0 radical (unpaired) electrons. The van der Waals surface area contributed by atoms with Gasteiger partial charge in [0.25, 0.3) is 0 Å². The first-order valence-electron chi connectivity index (χ1n) is 9.93. The summed E-state index contributed by atoms with van der Waals surface area (Å²) in [6.45, 7) is 10.0. The maximum Gasteiger partial charge on any atom is 0.0189 e. The van der Waals surface area contributed by atoms with E-state index in [0.717, 1.165) is 23.7 Å². The first kappa shape index (κ1) is 16.4. The molecule has 0 bridgehead atoms. The highest BCUT2D eigenvalue weighted by atomic mass is 79.9. The molecule has 2 saturated carbocycles. The summed E-state index contributed by atoms with van der Waals surface area (Å²) in [5.41, 5.74) is 4.34. The summed E-state index contributed by atoms with van der Waals surface area (Å²) >= 11 is 3.95. The minimum absolute atomic E-state index is 0.418. The third kappa shape index (κ3) is 2.21. The fraction of sp³-hybridized carbons (Fsp3) is 0.818. The van der Waals surface area contributed by atoms with Gasteiger partial charge in [-0.25, -0.2) is 0 Å². The molecule has 4 rings (SSSR count). The number of hydrogen-bond acceptors (Lipinski definition) is 0. The third-order valence-electron chi connectivity index (χ3n) is 8.55. The Hall–Kier alpha value is -0.0400. The molecule has 0 aromatic rings. The lowest BCUT2D eigenvalue weighted by Gasteiger charge is -2.57. The molecule has 7 atom stereocenters. The number of fused-ring (bicyclic) bond motifs is 5. The van der Waals surface area contributed by atoms with Crippen LogP contribution in [0.1, 0.15) is 72.6 Å². The van der Waals surface area contributed by atoms with E-state index in [1.165, 1.54) is 44.9 Å². The largest absolute Gasteiger partial charge is 0.0887 e. The van der Waals surface area contributed by atoms with Crippen LogP contribution in [0.2, 0.25) is 0 Å². The molecule has 0 aromatic heterocycles. The second kappa shape index (κ2) is 5.48. The SMILES string of the molecule is CC[C@H]1CC[C@H]2[C@@H]3C=C(C)C4=CC[C@H](Br)C[C@]4(C)[C@H]3CC[C@]12C. The summed E-state index contributed by atoms with van der Waals surface area (Å²) in [5.74, 6) is 3.63. The van der Waals surface area contributed by atoms with Gasteiger partial charge in [-0.05, 0) is 85.5 Å². The molecule has 23 heavy (non-hydrogen) atoms. The van der Waals surface area contributed by atoms with Crippen LogP contribution in [-0.4, -0.2) is 4.83 Å². The molecule has 4 aliphatic rings. The Kier molecular flexibility index (Phi) is 3.91. The predicted octanol–water partition coefficient (Wildman–Crippen LogP) is 6.91. The van der Waals surface area contributed by atoms with Gasteiger partial charge in [0, 0.05) is 4.83 Å². The normalized spacial score (nSPS) is 52.1. The molecule has 0 saturated heterocycles. The zero-order valence-corrected chi connectivity index (χ0v) is 17.0. The lowest BCUT2D eigenvalue weighted by molar-refractivity contribution is -0.0160.